The third kappa shape index (κ3) is 1.78. The zero-order valence-corrected chi connectivity index (χ0v) is 12.8. The first-order valence-corrected chi connectivity index (χ1v) is 7.57. The van der Waals surface area contributed by atoms with E-state index in [2.05, 4.69) is 0 Å². The number of aliphatic carboxylic acids is 1. The number of carbonyl (C=O) groups is 3. The highest BCUT2D eigenvalue weighted by Gasteiger charge is 2.67. The first-order chi connectivity index (χ1) is 11.5. The highest BCUT2D eigenvalue weighted by Crippen LogP contribution is 2.52. The van der Waals surface area contributed by atoms with Crippen LogP contribution >= 0.6 is 0 Å². The van der Waals surface area contributed by atoms with Gasteiger partial charge < -0.3 is 19.5 Å². The molecule has 0 radical (unpaired) electrons. The lowest BCUT2D eigenvalue weighted by Crippen LogP contribution is -2.39. The predicted molar refractivity (Wildman–Crippen MR) is 81.5 cm³/mol. The van der Waals surface area contributed by atoms with E-state index >= 15 is 0 Å². The van der Waals surface area contributed by atoms with Gasteiger partial charge in [-0.25, -0.2) is 4.79 Å². The maximum atomic E-state index is 12.9. The van der Waals surface area contributed by atoms with Crippen molar-refractivity contribution in [2.45, 2.75) is 11.7 Å². The first-order valence-electron chi connectivity index (χ1n) is 7.57. The lowest BCUT2D eigenvalue weighted by Gasteiger charge is -2.22. The molecule has 124 valence electrons. The molecule has 0 aliphatic carbocycles. The molecule has 1 spiro atoms. The Morgan fingerprint density at radius 1 is 1.38 bits per heavy atom. The summed E-state index contributed by atoms with van der Waals surface area (Å²) in [5, 5.41) is 9.48. The van der Waals surface area contributed by atoms with Crippen molar-refractivity contribution in [1.82, 2.24) is 0 Å². The molecule has 4 unspecified atom stereocenters. The van der Waals surface area contributed by atoms with Crippen LogP contribution in [0.3, 0.4) is 0 Å². The first kappa shape index (κ1) is 14.9. The predicted octanol–water partition coefficient (Wildman–Crippen LogP) is 0.844. The summed E-state index contributed by atoms with van der Waals surface area (Å²) in [5.41, 5.74) is -0.272. The number of methoxy groups -OCH3 is 1. The number of hydrogen-bond acceptors (Lipinski definition) is 5. The number of amides is 1. The van der Waals surface area contributed by atoms with Crippen molar-refractivity contribution in [1.29, 1.82) is 0 Å². The third-order valence-electron chi connectivity index (χ3n) is 4.99. The van der Waals surface area contributed by atoms with Gasteiger partial charge in [0.15, 0.2) is 0 Å². The number of carboxylic acid groups (broad SMARTS) is 1. The average molecular weight is 329 g/mol. The summed E-state index contributed by atoms with van der Waals surface area (Å²) in [6, 6.07) is 6.61. The van der Waals surface area contributed by atoms with Crippen molar-refractivity contribution >= 4 is 23.5 Å². The lowest BCUT2D eigenvalue weighted by atomic mass is 9.77. The Balaban J connectivity index is 1.77. The van der Waals surface area contributed by atoms with E-state index in [1.54, 1.807) is 36.4 Å². The molecule has 1 amide bonds. The second-order valence-corrected chi connectivity index (χ2v) is 6.17. The molecule has 1 aromatic rings. The molecular weight excluding hydrogens is 314 g/mol. The number of ether oxygens (including phenoxy) is 2. The number of carbonyl (C=O) groups excluding carboxylic acids is 2. The topological polar surface area (TPSA) is 93.1 Å². The summed E-state index contributed by atoms with van der Waals surface area (Å²) in [5.74, 6) is -3.63. The van der Waals surface area contributed by atoms with Crippen molar-refractivity contribution < 1.29 is 29.0 Å². The van der Waals surface area contributed by atoms with Gasteiger partial charge in [0.2, 0.25) is 5.91 Å². The van der Waals surface area contributed by atoms with Crippen molar-refractivity contribution in [2.75, 3.05) is 18.6 Å². The molecule has 1 N–H and O–H groups in total. The molecule has 2 bridgehead atoms. The summed E-state index contributed by atoms with van der Waals surface area (Å²) < 4.78 is 10.6. The number of rotatable bonds is 3. The van der Waals surface area contributed by atoms with Crippen molar-refractivity contribution in [3.63, 3.8) is 0 Å². The number of benzene rings is 1. The van der Waals surface area contributed by atoms with Gasteiger partial charge in [-0.05, 0) is 12.1 Å². The number of hydrogen-bond donors (Lipinski definition) is 1. The largest absolute Gasteiger partial charge is 0.481 e. The maximum Gasteiger partial charge on any atom is 0.339 e. The number of nitrogens with zero attached hydrogens (tertiary/aromatic N) is 1. The lowest BCUT2D eigenvalue weighted by molar-refractivity contribution is -0.146. The van der Waals surface area contributed by atoms with Crippen molar-refractivity contribution in [2.24, 2.45) is 11.8 Å². The van der Waals surface area contributed by atoms with Gasteiger partial charge >= 0.3 is 11.9 Å². The maximum absolute atomic E-state index is 12.9. The van der Waals surface area contributed by atoms with E-state index in [4.69, 9.17) is 9.47 Å². The summed E-state index contributed by atoms with van der Waals surface area (Å²) in [6.45, 7) is 0.182. The van der Waals surface area contributed by atoms with Gasteiger partial charge in [-0.15, -0.1) is 0 Å². The van der Waals surface area contributed by atoms with Crippen LogP contribution in [0.4, 0.5) is 5.69 Å². The van der Waals surface area contributed by atoms with Crippen molar-refractivity contribution in [3.8, 4) is 0 Å². The molecule has 7 heteroatoms. The Hall–Kier alpha value is -2.67. The van der Waals surface area contributed by atoms with E-state index in [9.17, 15) is 19.5 Å². The summed E-state index contributed by atoms with van der Waals surface area (Å²) in [6.07, 6.45) is 2.91. The van der Waals surface area contributed by atoms with E-state index in [0.717, 1.165) is 0 Å². The Kier molecular flexibility index (Phi) is 3.05. The van der Waals surface area contributed by atoms with Crippen LogP contribution in [-0.4, -0.2) is 48.3 Å². The molecule has 1 aromatic carbocycles. The molecule has 4 rings (SSSR count). The van der Waals surface area contributed by atoms with Gasteiger partial charge in [-0.3, -0.25) is 9.59 Å². The monoisotopic (exact) mass is 329 g/mol. The van der Waals surface area contributed by atoms with Crippen LogP contribution in [0.5, 0.6) is 0 Å². The van der Waals surface area contributed by atoms with E-state index in [1.165, 1.54) is 12.0 Å². The second kappa shape index (κ2) is 4.91. The number of esters is 1. The Morgan fingerprint density at radius 2 is 2.12 bits per heavy atom. The summed E-state index contributed by atoms with van der Waals surface area (Å²) >= 11 is 0. The molecule has 0 aromatic heterocycles. The van der Waals surface area contributed by atoms with E-state index in [0.29, 0.717) is 5.69 Å². The molecular formula is C17H15NO6. The van der Waals surface area contributed by atoms with Gasteiger partial charge in [0.05, 0.1) is 36.9 Å². The number of anilines is 1. The Morgan fingerprint density at radius 3 is 2.83 bits per heavy atom. The minimum atomic E-state index is -1.05. The fourth-order valence-corrected chi connectivity index (χ4v) is 3.98. The molecule has 4 atom stereocenters. The highest BCUT2D eigenvalue weighted by molar-refractivity contribution is 6.07. The standard InChI is InChI=1S/C17H15NO6/c1-23-16(22)9-4-2-3-5-10(9)18-8-17-7-6-11(24-17)12(15(20)21)13(17)14(18)19/h2-7,11-13H,8H2,1H3,(H,20,21). The van der Waals surface area contributed by atoms with Crippen LogP contribution in [0.25, 0.3) is 0 Å². The minimum absolute atomic E-state index is 0.182. The van der Waals surface area contributed by atoms with Gasteiger partial charge in [-0.2, -0.15) is 0 Å². The molecule has 3 aliphatic heterocycles. The SMILES string of the molecule is COC(=O)c1ccccc1N1CC23C=CC(O2)C(C(=O)O)C3C1=O. The zero-order valence-electron chi connectivity index (χ0n) is 12.8. The molecule has 7 nitrogen and oxygen atoms in total. The van der Waals surface area contributed by atoms with Crippen LogP contribution in [0, 0.1) is 11.8 Å². The van der Waals surface area contributed by atoms with Crippen LogP contribution in [-0.2, 0) is 19.1 Å². The zero-order chi connectivity index (χ0) is 17.1. The average Bonchev–Trinajstić information content (AvgIpc) is 3.22. The van der Waals surface area contributed by atoms with Gasteiger partial charge in [0.25, 0.3) is 0 Å². The molecule has 3 heterocycles. The van der Waals surface area contributed by atoms with Gasteiger partial charge in [0, 0.05) is 0 Å². The molecule has 3 aliphatic rings. The molecule has 2 fully saturated rings. The smallest absolute Gasteiger partial charge is 0.339 e. The van der Waals surface area contributed by atoms with Crippen LogP contribution in [0.15, 0.2) is 36.4 Å². The quantitative estimate of drug-likeness (QED) is 0.652. The molecule has 0 saturated carbocycles. The van der Waals surface area contributed by atoms with Crippen molar-refractivity contribution in [3.05, 3.63) is 42.0 Å². The third-order valence-corrected chi connectivity index (χ3v) is 4.99. The van der Waals surface area contributed by atoms with E-state index in [-0.39, 0.29) is 18.0 Å². The van der Waals surface area contributed by atoms with Crippen LogP contribution in [0.1, 0.15) is 10.4 Å². The van der Waals surface area contributed by atoms with Crippen LogP contribution in [0.2, 0.25) is 0 Å². The van der Waals surface area contributed by atoms with Gasteiger partial charge in [0.1, 0.15) is 11.5 Å². The fraction of sp³-hybridized carbons (Fsp3) is 0.353. The highest BCUT2D eigenvalue weighted by atomic mass is 16.5. The second-order valence-electron chi connectivity index (χ2n) is 6.17. The number of carboxylic acids is 1. The minimum Gasteiger partial charge on any atom is -0.481 e. The van der Waals surface area contributed by atoms with E-state index in [1.807, 2.05) is 0 Å². The number of para-hydroxylation sites is 1. The van der Waals surface area contributed by atoms with Crippen LogP contribution < -0.4 is 4.90 Å². The number of fused-ring (bicyclic) bond motifs is 1. The molecule has 2 saturated heterocycles. The molecule has 24 heavy (non-hydrogen) atoms. The van der Waals surface area contributed by atoms with E-state index < -0.39 is 35.5 Å². The summed E-state index contributed by atoms with van der Waals surface area (Å²) in [4.78, 5) is 37.9. The summed E-state index contributed by atoms with van der Waals surface area (Å²) in [7, 11) is 1.27. The Bertz CT molecular complexity index is 787. The fourth-order valence-electron chi connectivity index (χ4n) is 3.98. The Labute approximate surface area is 137 Å². The van der Waals surface area contributed by atoms with Gasteiger partial charge in [-0.1, -0.05) is 24.3 Å². The normalized spacial score (nSPS) is 33.0.